The van der Waals surface area contributed by atoms with Crippen molar-refractivity contribution in [2.24, 2.45) is 0 Å². The number of rotatable bonds is 4. The van der Waals surface area contributed by atoms with Gasteiger partial charge in [-0.15, -0.1) is 0 Å². The quantitative estimate of drug-likeness (QED) is 0.715. The fourth-order valence-electron chi connectivity index (χ4n) is 1.71. The molecule has 1 aromatic carbocycles. The van der Waals surface area contributed by atoms with Crippen molar-refractivity contribution in [3.63, 3.8) is 0 Å². The van der Waals surface area contributed by atoms with Crippen molar-refractivity contribution in [1.29, 1.82) is 0 Å². The predicted molar refractivity (Wildman–Crippen MR) is 70.7 cm³/mol. The fraction of sp³-hybridized carbons (Fsp3) is 0.273. The van der Waals surface area contributed by atoms with Gasteiger partial charge in [-0.3, -0.25) is 5.10 Å². The number of sulfonamides is 1. The molecule has 0 saturated carbocycles. The van der Waals surface area contributed by atoms with E-state index in [0.717, 1.165) is 5.56 Å². The Kier molecular flexibility index (Phi) is 3.54. The number of nitrogens with zero attached hydrogens (tertiary/aromatic N) is 2. The lowest BCUT2D eigenvalue weighted by Crippen LogP contribution is -2.27. The summed E-state index contributed by atoms with van der Waals surface area (Å²) in [5.41, 5.74) is 6.86. The van der Waals surface area contributed by atoms with E-state index in [4.69, 9.17) is 5.73 Å². The number of benzene rings is 1. The molecule has 0 bridgehead atoms. The van der Waals surface area contributed by atoms with Crippen molar-refractivity contribution < 1.29 is 8.42 Å². The lowest BCUT2D eigenvalue weighted by molar-refractivity contribution is 0.560. The maximum Gasteiger partial charge on any atom is 0.241 e. The van der Waals surface area contributed by atoms with Crippen LogP contribution in [0.1, 0.15) is 24.4 Å². The van der Waals surface area contributed by atoms with Crippen molar-refractivity contribution in [2.45, 2.75) is 24.8 Å². The summed E-state index contributed by atoms with van der Waals surface area (Å²) in [7, 11) is -3.65. The van der Waals surface area contributed by atoms with Crippen LogP contribution in [0.3, 0.4) is 0 Å². The minimum atomic E-state index is -3.65. The van der Waals surface area contributed by atoms with Crippen LogP contribution < -0.4 is 10.5 Å². The minimum absolute atomic E-state index is 0.136. The number of nitrogens with one attached hydrogen (secondary N) is 2. The van der Waals surface area contributed by atoms with E-state index in [1.165, 1.54) is 12.4 Å². The van der Waals surface area contributed by atoms with Crippen molar-refractivity contribution >= 4 is 15.7 Å². The molecule has 0 amide bonds. The molecule has 1 atom stereocenters. The summed E-state index contributed by atoms with van der Waals surface area (Å²) in [4.78, 5) is 4.05. The van der Waals surface area contributed by atoms with Crippen molar-refractivity contribution in [3.05, 3.63) is 35.9 Å². The van der Waals surface area contributed by atoms with Gasteiger partial charge in [-0.2, -0.15) is 5.10 Å². The molecule has 1 unspecified atom stereocenters. The number of nitrogens with two attached hydrogens (primary N) is 1. The van der Waals surface area contributed by atoms with Crippen LogP contribution >= 0.6 is 0 Å². The van der Waals surface area contributed by atoms with Gasteiger partial charge in [0, 0.05) is 5.69 Å². The number of aryl methyl sites for hydroxylation is 1. The molecular formula is C11H15N5O2S. The Balaban J connectivity index is 2.27. The van der Waals surface area contributed by atoms with E-state index in [9.17, 15) is 8.42 Å². The van der Waals surface area contributed by atoms with E-state index in [1.807, 2.05) is 0 Å². The van der Waals surface area contributed by atoms with E-state index in [0.29, 0.717) is 11.5 Å². The van der Waals surface area contributed by atoms with Crippen LogP contribution in [0, 0.1) is 6.92 Å². The third-order valence-corrected chi connectivity index (χ3v) is 4.08. The van der Waals surface area contributed by atoms with Crippen LogP contribution in [-0.4, -0.2) is 23.6 Å². The predicted octanol–water partition coefficient (Wildman–Crippen LogP) is 0.735. The Hall–Kier alpha value is -1.93. The van der Waals surface area contributed by atoms with E-state index < -0.39 is 16.1 Å². The highest BCUT2D eigenvalue weighted by Gasteiger charge is 2.20. The highest BCUT2D eigenvalue weighted by atomic mass is 32.2. The summed E-state index contributed by atoms with van der Waals surface area (Å²) < 4.78 is 26.9. The number of H-pyrrole nitrogens is 1. The number of nitrogen functional groups attached to an aromatic ring is 1. The average Bonchev–Trinajstić information content (AvgIpc) is 2.80. The largest absolute Gasteiger partial charge is 0.399 e. The van der Waals surface area contributed by atoms with E-state index in [1.54, 1.807) is 26.0 Å². The molecule has 7 nitrogen and oxygen atoms in total. The SMILES string of the molecule is Cc1cc(N)cc(S(=O)(=O)NC(C)c2ncn[nH]2)c1. The van der Waals surface area contributed by atoms with Gasteiger partial charge in [0.25, 0.3) is 0 Å². The Morgan fingerprint density at radius 3 is 2.68 bits per heavy atom. The van der Waals surface area contributed by atoms with Gasteiger partial charge in [0.05, 0.1) is 10.9 Å². The molecule has 0 fully saturated rings. The number of hydrogen-bond donors (Lipinski definition) is 3. The van der Waals surface area contributed by atoms with Gasteiger partial charge in [0.15, 0.2) is 0 Å². The molecule has 0 saturated heterocycles. The Morgan fingerprint density at radius 2 is 2.11 bits per heavy atom. The second kappa shape index (κ2) is 4.98. The lowest BCUT2D eigenvalue weighted by atomic mass is 10.2. The number of aromatic amines is 1. The second-order valence-corrected chi connectivity index (χ2v) is 6.01. The van der Waals surface area contributed by atoms with Gasteiger partial charge in [-0.1, -0.05) is 0 Å². The summed E-state index contributed by atoms with van der Waals surface area (Å²) >= 11 is 0. The smallest absolute Gasteiger partial charge is 0.241 e. The highest BCUT2D eigenvalue weighted by molar-refractivity contribution is 7.89. The van der Waals surface area contributed by atoms with Gasteiger partial charge in [0.1, 0.15) is 12.2 Å². The van der Waals surface area contributed by atoms with Crippen LogP contribution in [-0.2, 0) is 10.0 Å². The third-order valence-electron chi connectivity index (χ3n) is 2.56. The topological polar surface area (TPSA) is 114 Å². The monoisotopic (exact) mass is 281 g/mol. The van der Waals surface area contributed by atoms with Gasteiger partial charge >= 0.3 is 0 Å². The zero-order valence-corrected chi connectivity index (χ0v) is 11.4. The second-order valence-electron chi connectivity index (χ2n) is 4.29. The first-order valence-electron chi connectivity index (χ1n) is 5.63. The molecule has 1 heterocycles. The molecule has 19 heavy (non-hydrogen) atoms. The first-order chi connectivity index (χ1) is 8.88. The van der Waals surface area contributed by atoms with E-state index in [2.05, 4.69) is 19.9 Å². The number of anilines is 1. The molecular weight excluding hydrogens is 266 g/mol. The van der Waals surface area contributed by atoms with Crippen molar-refractivity contribution in [2.75, 3.05) is 5.73 Å². The molecule has 0 radical (unpaired) electrons. The summed E-state index contributed by atoms with van der Waals surface area (Å²) in [6, 6.07) is 4.18. The van der Waals surface area contributed by atoms with Crippen LogP contribution in [0.5, 0.6) is 0 Å². The maximum absolute atomic E-state index is 12.2. The molecule has 1 aromatic heterocycles. The number of hydrogen-bond acceptors (Lipinski definition) is 5. The molecule has 8 heteroatoms. The first-order valence-corrected chi connectivity index (χ1v) is 7.11. The third kappa shape index (κ3) is 3.09. The lowest BCUT2D eigenvalue weighted by Gasteiger charge is -2.12. The maximum atomic E-state index is 12.2. The van der Waals surface area contributed by atoms with Crippen LogP contribution in [0.25, 0.3) is 0 Å². The minimum Gasteiger partial charge on any atom is -0.399 e. The zero-order chi connectivity index (χ0) is 14.0. The van der Waals surface area contributed by atoms with E-state index >= 15 is 0 Å². The molecule has 0 aliphatic rings. The Bertz CT molecular complexity index is 646. The van der Waals surface area contributed by atoms with Crippen molar-refractivity contribution in [1.82, 2.24) is 19.9 Å². The van der Waals surface area contributed by atoms with E-state index in [-0.39, 0.29) is 4.90 Å². The van der Waals surface area contributed by atoms with Gasteiger partial charge < -0.3 is 5.73 Å². The zero-order valence-electron chi connectivity index (χ0n) is 10.6. The molecule has 0 spiro atoms. The standard InChI is InChI=1S/C11H15N5O2S/c1-7-3-9(12)5-10(4-7)19(17,18)16-8(2)11-13-6-14-15-11/h3-6,8,16H,12H2,1-2H3,(H,13,14,15). The molecule has 2 aromatic rings. The average molecular weight is 281 g/mol. The highest BCUT2D eigenvalue weighted by Crippen LogP contribution is 2.18. The Morgan fingerprint density at radius 1 is 1.37 bits per heavy atom. The summed E-state index contributed by atoms with van der Waals surface area (Å²) in [5.74, 6) is 0.448. The van der Waals surface area contributed by atoms with Crippen LogP contribution in [0.4, 0.5) is 5.69 Å². The normalized spacial score (nSPS) is 13.4. The molecule has 0 aliphatic carbocycles. The first kappa shape index (κ1) is 13.5. The van der Waals surface area contributed by atoms with Crippen LogP contribution in [0.15, 0.2) is 29.4 Å². The van der Waals surface area contributed by atoms with Gasteiger partial charge in [-0.05, 0) is 37.6 Å². The molecule has 4 N–H and O–H groups in total. The van der Waals surface area contributed by atoms with Crippen LogP contribution in [0.2, 0.25) is 0 Å². The molecule has 102 valence electrons. The summed E-state index contributed by atoms with van der Waals surface area (Å²) in [6.45, 7) is 3.46. The van der Waals surface area contributed by atoms with Gasteiger partial charge in [-0.25, -0.2) is 18.1 Å². The molecule has 0 aliphatic heterocycles. The fourth-order valence-corrected chi connectivity index (χ4v) is 3.06. The molecule has 2 rings (SSSR count). The summed E-state index contributed by atoms with van der Waals surface area (Å²) in [5, 5.41) is 6.30. The Labute approximate surface area is 111 Å². The van der Waals surface area contributed by atoms with Gasteiger partial charge in [0.2, 0.25) is 10.0 Å². The summed E-state index contributed by atoms with van der Waals surface area (Å²) in [6.07, 6.45) is 1.32. The number of aromatic nitrogens is 3. The van der Waals surface area contributed by atoms with Crippen molar-refractivity contribution in [3.8, 4) is 0 Å².